The van der Waals surface area contributed by atoms with E-state index in [1.807, 2.05) is 18.2 Å². The summed E-state index contributed by atoms with van der Waals surface area (Å²) in [5.41, 5.74) is 1.75. The summed E-state index contributed by atoms with van der Waals surface area (Å²) in [6.45, 7) is 1.55. The van der Waals surface area contributed by atoms with Crippen LogP contribution in [0.15, 0.2) is 53.7 Å². The van der Waals surface area contributed by atoms with Crippen LogP contribution in [-0.4, -0.2) is 18.8 Å². The smallest absolute Gasteiger partial charge is 0.391 e. The number of hydrogen-bond donors (Lipinski definition) is 1. The molecule has 146 valence electrons. The zero-order valence-electron chi connectivity index (χ0n) is 14.3. The topological polar surface area (TPSA) is 33.6 Å². The molecule has 0 saturated carbocycles. The molecular weight excluding hydrogens is 400 g/mol. The van der Waals surface area contributed by atoms with Gasteiger partial charge >= 0.3 is 6.18 Å². The van der Waals surface area contributed by atoms with Gasteiger partial charge in [-0.1, -0.05) is 47.1 Å². The average molecular weight is 419 g/mol. The van der Waals surface area contributed by atoms with Crippen molar-refractivity contribution in [1.82, 2.24) is 5.32 Å². The second-order valence-electron chi connectivity index (χ2n) is 6.09. The van der Waals surface area contributed by atoms with Crippen LogP contribution in [0.25, 0.3) is 0 Å². The molecule has 0 spiro atoms. The second kappa shape index (κ2) is 9.44. The zero-order valence-corrected chi connectivity index (χ0v) is 15.9. The van der Waals surface area contributed by atoms with Gasteiger partial charge < -0.3 is 10.2 Å². The minimum absolute atomic E-state index is 0. The lowest BCUT2D eigenvalue weighted by atomic mass is 9.88. The maximum atomic E-state index is 12.7. The lowest BCUT2D eigenvalue weighted by molar-refractivity contribution is -0.137. The molecule has 0 amide bonds. The van der Waals surface area contributed by atoms with E-state index in [0.717, 1.165) is 41.9 Å². The number of oxime groups is 1. The van der Waals surface area contributed by atoms with Crippen LogP contribution in [0.4, 0.5) is 13.2 Å². The van der Waals surface area contributed by atoms with Crippen LogP contribution in [0.3, 0.4) is 0 Å². The molecule has 0 aliphatic carbocycles. The Kier molecular flexibility index (Phi) is 7.53. The summed E-state index contributed by atoms with van der Waals surface area (Å²) < 4.78 is 38.2. The van der Waals surface area contributed by atoms with Gasteiger partial charge in [0.15, 0.2) is 0 Å². The molecule has 3 rings (SSSR count). The predicted molar refractivity (Wildman–Crippen MR) is 103 cm³/mol. The van der Waals surface area contributed by atoms with Crippen molar-refractivity contribution in [3.8, 4) is 0 Å². The number of nitrogens with zero attached hydrogens (tertiary/aromatic N) is 1. The van der Waals surface area contributed by atoms with E-state index in [0.29, 0.717) is 11.6 Å². The number of piperidine rings is 1. The summed E-state index contributed by atoms with van der Waals surface area (Å²) in [7, 11) is 0. The normalized spacial score (nSPS) is 18.8. The summed E-state index contributed by atoms with van der Waals surface area (Å²) >= 11 is 6.09. The molecule has 1 unspecified atom stereocenters. The van der Waals surface area contributed by atoms with Gasteiger partial charge in [0.1, 0.15) is 6.61 Å². The van der Waals surface area contributed by atoms with Crippen molar-refractivity contribution in [1.29, 1.82) is 0 Å². The summed E-state index contributed by atoms with van der Waals surface area (Å²) in [6.07, 6.45) is -3.58. The first-order valence-corrected chi connectivity index (χ1v) is 8.63. The molecule has 1 fully saturated rings. The van der Waals surface area contributed by atoms with Crippen molar-refractivity contribution in [3.63, 3.8) is 0 Å². The Balaban J connectivity index is 0.00000261. The first kappa shape index (κ1) is 21.5. The fraction of sp³-hybridized carbons (Fsp3) is 0.316. The highest BCUT2D eigenvalue weighted by atomic mass is 35.5. The van der Waals surface area contributed by atoms with E-state index in [1.54, 1.807) is 6.07 Å². The Bertz CT molecular complexity index is 779. The molecule has 27 heavy (non-hydrogen) atoms. The number of halogens is 5. The second-order valence-corrected chi connectivity index (χ2v) is 6.49. The predicted octanol–water partition coefficient (Wildman–Crippen LogP) is 5.43. The highest BCUT2D eigenvalue weighted by Gasteiger charge is 2.31. The van der Waals surface area contributed by atoms with Crippen molar-refractivity contribution in [3.05, 3.63) is 70.2 Å². The summed E-state index contributed by atoms with van der Waals surface area (Å²) in [4.78, 5) is 5.45. The third-order valence-electron chi connectivity index (χ3n) is 4.32. The molecule has 1 saturated heterocycles. The number of benzene rings is 2. The molecule has 0 bridgehead atoms. The van der Waals surface area contributed by atoms with Gasteiger partial charge in [0.2, 0.25) is 0 Å². The number of rotatable bonds is 4. The molecule has 0 aromatic heterocycles. The number of hydrogen-bond acceptors (Lipinski definition) is 3. The maximum absolute atomic E-state index is 12.7. The molecule has 1 heterocycles. The van der Waals surface area contributed by atoms with E-state index < -0.39 is 11.7 Å². The Morgan fingerprint density at radius 1 is 1.11 bits per heavy atom. The van der Waals surface area contributed by atoms with E-state index in [4.69, 9.17) is 16.4 Å². The molecule has 1 atom stereocenters. The monoisotopic (exact) mass is 418 g/mol. The van der Waals surface area contributed by atoms with Crippen molar-refractivity contribution < 1.29 is 18.0 Å². The highest BCUT2D eigenvalue weighted by molar-refractivity contribution is 6.31. The molecule has 2 aromatic rings. The lowest BCUT2D eigenvalue weighted by Crippen LogP contribution is -2.36. The third kappa shape index (κ3) is 5.61. The molecule has 1 N–H and O–H groups in total. The summed E-state index contributed by atoms with van der Waals surface area (Å²) in [5, 5.41) is 8.04. The van der Waals surface area contributed by atoms with Crippen LogP contribution in [0.5, 0.6) is 0 Å². The van der Waals surface area contributed by atoms with Gasteiger partial charge in [-0.05, 0) is 36.7 Å². The van der Waals surface area contributed by atoms with Crippen molar-refractivity contribution >= 4 is 29.7 Å². The Hall–Kier alpha value is -1.76. The van der Waals surface area contributed by atoms with Crippen LogP contribution >= 0.6 is 24.0 Å². The van der Waals surface area contributed by atoms with Gasteiger partial charge in [0.25, 0.3) is 0 Å². The van der Waals surface area contributed by atoms with Gasteiger partial charge in [-0.25, -0.2) is 0 Å². The average Bonchev–Trinajstić information content (AvgIpc) is 2.63. The van der Waals surface area contributed by atoms with E-state index >= 15 is 0 Å². The Morgan fingerprint density at radius 2 is 1.81 bits per heavy atom. The van der Waals surface area contributed by atoms with Crippen LogP contribution < -0.4 is 5.32 Å². The standard InChI is InChI=1S/C19H18ClF3N2O.ClH/c20-17-4-2-1-3-14(17)12-26-25-18-11-24-10-9-16(18)13-5-7-15(8-6-13)19(21,22)23;/h1-8,16,24H,9-12H2;1H/b25-18-;. The highest BCUT2D eigenvalue weighted by Crippen LogP contribution is 2.31. The molecular formula is C19H19Cl2F3N2O. The zero-order chi connectivity index (χ0) is 18.6. The molecule has 3 nitrogen and oxygen atoms in total. The number of alkyl halides is 3. The summed E-state index contributed by atoms with van der Waals surface area (Å²) in [5.74, 6) is -0.0650. The Labute approximate surface area is 167 Å². The van der Waals surface area contributed by atoms with Crippen LogP contribution in [0, 0.1) is 0 Å². The minimum atomic E-state index is -4.33. The molecule has 2 aromatic carbocycles. The van der Waals surface area contributed by atoms with E-state index in [-0.39, 0.29) is 24.9 Å². The number of nitrogens with one attached hydrogen (secondary N) is 1. The maximum Gasteiger partial charge on any atom is 0.416 e. The first-order chi connectivity index (χ1) is 12.4. The van der Waals surface area contributed by atoms with Crippen LogP contribution in [-0.2, 0) is 17.6 Å². The quantitative estimate of drug-likeness (QED) is 0.671. The van der Waals surface area contributed by atoms with Gasteiger partial charge in [-0.15, -0.1) is 12.4 Å². The fourth-order valence-corrected chi connectivity index (χ4v) is 3.10. The fourth-order valence-electron chi connectivity index (χ4n) is 2.91. The molecule has 0 radical (unpaired) electrons. The van der Waals surface area contributed by atoms with Crippen molar-refractivity contribution in [2.75, 3.05) is 13.1 Å². The SMILES string of the molecule is Cl.FC(F)(F)c1ccc(C2CCNC/C2=N/OCc2ccccc2Cl)cc1. The van der Waals surface area contributed by atoms with E-state index in [1.165, 1.54) is 12.1 Å². The first-order valence-electron chi connectivity index (χ1n) is 8.25. The lowest BCUT2D eigenvalue weighted by Gasteiger charge is -2.25. The van der Waals surface area contributed by atoms with Crippen LogP contribution in [0.1, 0.15) is 29.0 Å². The molecule has 1 aliphatic rings. The van der Waals surface area contributed by atoms with Gasteiger partial charge in [0, 0.05) is 23.0 Å². The molecule has 1 aliphatic heterocycles. The summed E-state index contributed by atoms with van der Waals surface area (Å²) in [6, 6.07) is 12.6. The van der Waals surface area contributed by atoms with Gasteiger partial charge in [-0.2, -0.15) is 13.2 Å². The van der Waals surface area contributed by atoms with E-state index in [9.17, 15) is 13.2 Å². The third-order valence-corrected chi connectivity index (χ3v) is 4.69. The Morgan fingerprint density at radius 3 is 2.48 bits per heavy atom. The molecule has 8 heteroatoms. The van der Waals surface area contributed by atoms with Gasteiger partial charge in [0.05, 0.1) is 11.3 Å². The van der Waals surface area contributed by atoms with Crippen LogP contribution in [0.2, 0.25) is 5.02 Å². The van der Waals surface area contributed by atoms with Crippen molar-refractivity contribution in [2.45, 2.75) is 25.1 Å². The minimum Gasteiger partial charge on any atom is -0.391 e. The van der Waals surface area contributed by atoms with Gasteiger partial charge in [-0.3, -0.25) is 0 Å². The van der Waals surface area contributed by atoms with E-state index in [2.05, 4.69) is 10.5 Å². The van der Waals surface area contributed by atoms with Crippen molar-refractivity contribution in [2.24, 2.45) is 5.16 Å². The largest absolute Gasteiger partial charge is 0.416 e.